The van der Waals surface area contributed by atoms with Crippen molar-refractivity contribution in [2.45, 2.75) is 26.8 Å². The van der Waals surface area contributed by atoms with E-state index in [0.29, 0.717) is 17.2 Å². The number of benzene rings is 1. The summed E-state index contributed by atoms with van der Waals surface area (Å²) in [4.78, 5) is 4.29. The smallest absolute Gasteiger partial charge is 0.282 e. The lowest BCUT2D eigenvalue weighted by Crippen LogP contribution is -2.04. The number of nitrogens with zero attached hydrogens (tertiary/aromatic N) is 4. The lowest BCUT2D eigenvalue weighted by molar-refractivity contribution is 0.145. The van der Waals surface area contributed by atoms with Crippen LogP contribution in [0.5, 0.6) is 0 Å². The van der Waals surface area contributed by atoms with E-state index in [9.17, 15) is 8.78 Å². The molecule has 23 heavy (non-hydrogen) atoms. The van der Waals surface area contributed by atoms with Crippen LogP contribution in [0.3, 0.4) is 0 Å². The summed E-state index contributed by atoms with van der Waals surface area (Å²) in [5, 5.41) is 7.76. The van der Waals surface area contributed by atoms with Gasteiger partial charge in [-0.15, -0.1) is 0 Å². The van der Waals surface area contributed by atoms with E-state index in [4.69, 9.17) is 10.3 Å². The predicted octanol–water partition coefficient (Wildman–Crippen LogP) is 3.12. The average Bonchev–Trinajstić information content (AvgIpc) is 3.10. The first-order valence-corrected chi connectivity index (χ1v) is 6.96. The number of rotatable bonds is 4. The molecule has 0 fully saturated rings. The Morgan fingerprint density at radius 1 is 1.30 bits per heavy atom. The first-order chi connectivity index (χ1) is 11.0. The second-order valence-electron chi connectivity index (χ2n) is 5.20. The molecule has 0 bridgehead atoms. The van der Waals surface area contributed by atoms with Crippen LogP contribution in [0.2, 0.25) is 0 Å². The maximum absolute atomic E-state index is 12.7. The fourth-order valence-electron chi connectivity index (χ4n) is 2.25. The number of nitrogen functional groups attached to an aromatic ring is 1. The Morgan fingerprint density at radius 3 is 2.78 bits per heavy atom. The Bertz CT molecular complexity index is 840. The van der Waals surface area contributed by atoms with Gasteiger partial charge < -0.3 is 10.3 Å². The molecule has 2 heterocycles. The summed E-state index contributed by atoms with van der Waals surface area (Å²) >= 11 is 0. The monoisotopic (exact) mass is 319 g/mol. The van der Waals surface area contributed by atoms with Crippen molar-refractivity contribution in [3.8, 4) is 11.4 Å². The first-order valence-electron chi connectivity index (χ1n) is 6.96. The number of aromatic nitrogens is 4. The lowest BCUT2D eigenvalue weighted by atomic mass is 10.1. The summed E-state index contributed by atoms with van der Waals surface area (Å²) in [6, 6.07) is 6.78. The Kier molecular flexibility index (Phi) is 3.81. The van der Waals surface area contributed by atoms with Gasteiger partial charge in [0.25, 0.3) is 6.43 Å². The maximum Gasteiger partial charge on any atom is 0.282 e. The summed E-state index contributed by atoms with van der Waals surface area (Å²) in [5.74, 6) is 0.692. The van der Waals surface area contributed by atoms with Gasteiger partial charge in [-0.05, 0) is 31.5 Å². The van der Waals surface area contributed by atoms with Gasteiger partial charge >= 0.3 is 0 Å². The number of hydrogen-bond acceptors (Lipinski definition) is 5. The number of alkyl halides is 2. The SMILES string of the molecule is Cc1c(N)cccc1-c1noc(Cn2nc(C(F)F)cc2C)n1. The second kappa shape index (κ2) is 5.79. The van der Waals surface area contributed by atoms with Gasteiger partial charge in [0, 0.05) is 16.9 Å². The molecule has 2 N–H and O–H groups in total. The summed E-state index contributed by atoms with van der Waals surface area (Å²) < 4.78 is 31.9. The van der Waals surface area contributed by atoms with Crippen molar-refractivity contribution < 1.29 is 13.3 Å². The molecule has 3 aromatic rings. The van der Waals surface area contributed by atoms with Gasteiger partial charge in [-0.3, -0.25) is 4.68 Å². The standard InChI is InChI=1S/C15H15F2N5O/c1-8-6-12(14(16)17)20-22(8)7-13-19-15(21-23-13)10-4-3-5-11(18)9(10)2/h3-6,14H,7,18H2,1-2H3. The lowest BCUT2D eigenvalue weighted by Gasteiger charge is -2.03. The van der Waals surface area contributed by atoms with Gasteiger partial charge in [0.2, 0.25) is 11.7 Å². The van der Waals surface area contributed by atoms with Crippen LogP contribution in [-0.4, -0.2) is 19.9 Å². The second-order valence-corrected chi connectivity index (χ2v) is 5.20. The van der Waals surface area contributed by atoms with Crippen LogP contribution in [-0.2, 0) is 6.54 Å². The van der Waals surface area contributed by atoms with Crippen molar-refractivity contribution >= 4 is 5.69 Å². The molecule has 0 atom stereocenters. The summed E-state index contributed by atoms with van der Waals surface area (Å²) in [7, 11) is 0. The zero-order valence-corrected chi connectivity index (χ0v) is 12.6. The van der Waals surface area contributed by atoms with Crippen molar-refractivity contribution in [2.24, 2.45) is 0 Å². The molecule has 0 aliphatic rings. The summed E-state index contributed by atoms with van der Waals surface area (Å²) in [5.41, 5.74) is 8.46. The number of anilines is 1. The van der Waals surface area contributed by atoms with Gasteiger partial charge in [0.05, 0.1) is 0 Å². The summed E-state index contributed by atoms with van der Waals surface area (Å²) in [6.45, 7) is 3.69. The Balaban J connectivity index is 1.87. The van der Waals surface area contributed by atoms with Crippen LogP contribution in [0.1, 0.15) is 29.3 Å². The molecule has 0 amide bonds. The maximum atomic E-state index is 12.7. The molecular formula is C15H15F2N5O. The van der Waals surface area contributed by atoms with Gasteiger partial charge in [0.1, 0.15) is 12.2 Å². The number of nitrogens with two attached hydrogens (primary N) is 1. The molecule has 2 aromatic heterocycles. The molecule has 0 radical (unpaired) electrons. The van der Waals surface area contributed by atoms with Crippen LogP contribution in [0.15, 0.2) is 28.8 Å². The van der Waals surface area contributed by atoms with E-state index in [1.165, 1.54) is 10.7 Å². The highest BCUT2D eigenvalue weighted by Crippen LogP contribution is 2.25. The van der Waals surface area contributed by atoms with E-state index in [2.05, 4.69) is 15.2 Å². The van der Waals surface area contributed by atoms with Crippen molar-refractivity contribution in [3.63, 3.8) is 0 Å². The molecule has 0 spiro atoms. The number of hydrogen-bond donors (Lipinski definition) is 1. The van der Waals surface area contributed by atoms with Gasteiger partial charge in [-0.25, -0.2) is 8.78 Å². The zero-order valence-electron chi connectivity index (χ0n) is 12.6. The van der Waals surface area contributed by atoms with E-state index < -0.39 is 6.43 Å². The molecule has 120 valence electrons. The van der Waals surface area contributed by atoms with Crippen molar-refractivity contribution in [1.82, 2.24) is 19.9 Å². The highest BCUT2D eigenvalue weighted by Gasteiger charge is 2.16. The quantitative estimate of drug-likeness (QED) is 0.747. The number of halogens is 2. The van der Waals surface area contributed by atoms with Crippen LogP contribution >= 0.6 is 0 Å². The molecule has 3 rings (SSSR count). The number of aryl methyl sites for hydroxylation is 1. The molecule has 0 aliphatic heterocycles. The van der Waals surface area contributed by atoms with E-state index >= 15 is 0 Å². The third-order valence-corrected chi connectivity index (χ3v) is 3.59. The third kappa shape index (κ3) is 2.92. The van der Waals surface area contributed by atoms with Gasteiger partial charge in [-0.1, -0.05) is 17.3 Å². The Labute approximate surface area is 130 Å². The van der Waals surface area contributed by atoms with Crippen LogP contribution < -0.4 is 5.73 Å². The van der Waals surface area contributed by atoms with Crippen molar-refractivity contribution in [2.75, 3.05) is 5.73 Å². The predicted molar refractivity (Wildman–Crippen MR) is 79.9 cm³/mol. The fraction of sp³-hybridized carbons (Fsp3) is 0.267. The molecule has 6 nitrogen and oxygen atoms in total. The zero-order chi connectivity index (χ0) is 16.6. The van der Waals surface area contributed by atoms with E-state index in [1.54, 1.807) is 19.1 Å². The topological polar surface area (TPSA) is 82.8 Å². The molecule has 0 unspecified atom stereocenters. The van der Waals surface area contributed by atoms with Crippen LogP contribution in [0.25, 0.3) is 11.4 Å². The van der Waals surface area contributed by atoms with Crippen LogP contribution in [0.4, 0.5) is 14.5 Å². The van der Waals surface area contributed by atoms with E-state index in [1.807, 2.05) is 13.0 Å². The van der Waals surface area contributed by atoms with E-state index in [0.717, 1.165) is 11.1 Å². The molecule has 0 saturated carbocycles. The van der Waals surface area contributed by atoms with Gasteiger partial charge in [-0.2, -0.15) is 10.1 Å². The normalized spacial score (nSPS) is 11.3. The largest absolute Gasteiger partial charge is 0.398 e. The van der Waals surface area contributed by atoms with E-state index in [-0.39, 0.29) is 18.1 Å². The minimum Gasteiger partial charge on any atom is -0.398 e. The molecule has 0 saturated heterocycles. The average molecular weight is 319 g/mol. The van der Waals surface area contributed by atoms with Gasteiger partial charge in [0.15, 0.2) is 0 Å². The molecule has 1 aromatic carbocycles. The summed E-state index contributed by atoms with van der Waals surface area (Å²) in [6.07, 6.45) is -2.61. The molecular weight excluding hydrogens is 304 g/mol. The fourth-order valence-corrected chi connectivity index (χ4v) is 2.25. The minimum atomic E-state index is -2.61. The Hall–Kier alpha value is -2.77. The van der Waals surface area contributed by atoms with Crippen molar-refractivity contribution in [1.29, 1.82) is 0 Å². The first kappa shape index (κ1) is 15.1. The Morgan fingerprint density at radius 2 is 2.09 bits per heavy atom. The van der Waals surface area contributed by atoms with Crippen molar-refractivity contribution in [3.05, 3.63) is 47.1 Å². The highest BCUT2D eigenvalue weighted by molar-refractivity contribution is 5.67. The molecule has 8 heteroatoms. The minimum absolute atomic E-state index is 0.132. The third-order valence-electron chi connectivity index (χ3n) is 3.59. The van der Waals surface area contributed by atoms with Crippen LogP contribution in [0, 0.1) is 13.8 Å². The molecule has 0 aliphatic carbocycles. The highest BCUT2D eigenvalue weighted by atomic mass is 19.3.